The number of hydrogen-bond donors (Lipinski definition) is 3. The Kier molecular flexibility index (Phi) is 6.19. The number of nitrogens with zero attached hydrogens (tertiary/aromatic N) is 1. The molecule has 25 heavy (non-hydrogen) atoms. The third kappa shape index (κ3) is 4.19. The molecule has 0 bridgehead atoms. The summed E-state index contributed by atoms with van der Waals surface area (Å²) in [7, 11) is 3.66. The minimum atomic E-state index is -0.722. The SMILES string of the molecule is CNCC1(CNC)C=C(c2ccc(C)c(F)c2)NN(CC(C)C)C1=O. The van der Waals surface area contributed by atoms with Crippen molar-refractivity contribution in [2.45, 2.75) is 20.8 Å². The summed E-state index contributed by atoms with van der Waals surface area (Å²) in [5.41, 5.74) is 4.56. The molecule has 2 rings (SSSR count). The van der Waals surface area contributed by atoms with Gasteiger partial charge >= 0.3 is 0 Å². The van der Waals surface area contributed by atoms with E-state index < -0.39 is 5.41 Å². The van der Waals surface area contributed by atoms with E-state index >= 15 is 0 Å². The fourth-order valence-electron chi connectivity index (χ4n) is 3.18. The van der Waals surface area contributed by atoms with E-state index in [-0.39, 0.29) is 11.7 Å². The summed E-state index contributed by atoms with van der Waals surface area (Å²) in [6.07, 6.45) is 1.92. The normalized spacial score (nSPS) is 16.8. The van der Waals surface area contributed by atoms with Crippen LogP contribution in [0.2, 0.25) is 0 Å². The van der Waals surface area contributed by atoms with E-state index in [9.17, 15) is 9.18 Å². The third-order valence-electron chi connectivity index (χ3n) is 4.36. The largest absolute Gasteiger partial charge is 0.318 e. The van der Waals surface area contributed by atoms with Crippen molar-refractivity contribution >= 4 is 11.6 Å². The molecule has 5 nitrogen and oxygen atoms in total. The van der Waals surface area contributed by atoms with Gasteiger partial charge in [0.15, 0.2) is 0 Å². The standard InChI is InChI=1S/C19H29FN4O/c1-13(2)10-24-18(25)19(11-21-4,12-22-5)9-17(23-24)15-7-6-14(3)16(20)8-15/h6-9,13,21-23H,10-12H2,1-5H3. The summed E-state index contributed by atoms with van der Waals surface area (Å²) in [6.45, 7) is 7.45. The molecule has 1 aromatic carbocycles. The molecule has 1 amide bonds. The van der Waals surface area contributed by atoms with Gasteiger partial charge in [-0.25, -0.2) is 4.39 Å². The molecule has 1 heterocycles. The molecule has 6 heteroatoms. The summed E-state index contributed by atoms with van der Waals surface area (Å²) < 4.78 is 14.0. The first kappa shape index (κ1) is 19.4. The van der Waals surface area contributed by atoms with Crippen LogP contribution in [0.1, 0.15) is 25.0 Å². The van der Waals surface area contributed by atoms with Gasteiger partial charge in [-0.15, -0.1) is 0 Å². The van der Waals surface area contributed by atoms with E-state index in [0.717, 1.165) is 11.3 Å². The van der Waals surface area contributed by atoms with Crippen molar-refractivity contribution in [3.63, 3.8) is 0 Å². The van der Waals surface area contributed by atoms with Gasteiger partial charge in [-0.1, -0.05) is 26.0 Å². The Hall–Kier alpha value is -1.92. The number of hydrogen-bond acceptors (Lipinski definition) is 4. The molecule has 1 aliphatic rings. The lowest BCUT2D eigenvalue weighted by molar-refractivity contribution is -0.143. The first-order chi connectivity index (χ1) is 11.8. The Morgan fingerprint density at radius 1 is 1.24 bits per heavy atom. The topological polar surface area (TPSA) is 56.4 Å². The highest BCUT2D eigenvalue weighted by Gasteiger charge is 2.42. The zero-order valence-corrected chi connectivity index (χ0v) is 15.7. The fourth-order valence-corrected chi connectivity index (χ4v) is 3.18. The van der Waals surface area contributed by atoms with Crippen molar-refractivity contribution in [1.82, 2.24) is 21.1 Å². The number of rotatable bonds is 7. The van der Waals surface area contributed by atoms with E-state index in [2.05, 4.69) is 29.9 Å². The van der Waals surface area contributed by atoms with Crippen molar-refractivity contribution in [2.24, 2.45) is 11.3 Å². The average molecular weight is 348 g/mol. The fraction of sp³-hybridized carbons (Fsp3) is 0.526. The van der Waals surface area contributed by atoms with Gasteiger partial charge in [0.2, 0.25) is 0 Å². The zero-order chi connectivity index (χ0) is 18.6. The Labute approximate surface area is 149 Å². The van der Waals surface area contributed by atoms with E-state index in [1.54, 1.807) is 18.0 Å². The number of carbonyl (C=O) groups is 1. The van der Waals surface area contributed by atoms with Crippen LogP contribution in [-0.2, 0) is 4.79 Å². The van der Waals surface area contributed by atoms with Crippen molar-refractivity contribution in [3.8, 4) is 0 Å². The first-order valence-corrected chi connectivity index (χ1v) is 8.70. The van der Waals surface area contributed by atoms with Crippen LogP contribution in [0.15, 0.2) is 24.3 Å². The van der Waals surface area contributed by atoms with Gasteiger partial charge in [0.25, 0.3) is 5.91 Å². The van der Waals surface area contributed by atoms with E-state index in [4.69, 9.17) is 0 Å². The van der Waals surface area contributed by atoms with Gasteiger partial charge in [-0.05, 0) is 44.6 Å². The smallest absolute Gasteiger partial charge is 0.253 e. The highest BCUT2D eigenvalue weighted by atomic mass is 19.1. The second kappa shape index (κ2) is 7.97. The molecular formula is C19H29FN4O. The van der Waals surface area contributed by atoms with Crippen molar-refractivity contribution in [3.05, 3.63) is 41.2 Å². The summed E-state index contributed by atoms with van der Waals surface area (Å²) in [5.74, 6) is 0.0778. The quantitative estimate of drug-likeness (QED) is 0.705. The predicted octanol–water partition coefficient (Wildman–Crippen LogP) is 1.90. The molecular weight excluding hydrogens is 319 g/mol. The summed E-state index contributed by atoms with van der Waals surface area (Å²) in [6, 6.07) is 5.15. The highest BCUT2D eigenvalue weighted by Crippen LogP contribution is 2.31. The lowest BCUT2D eigenvalue weighted by Crippen LogP contribution is -2.59. The highest BCUT2D eigenvalue weighted by molar-refractivity contribution is 5.90. The van der Waals surface area contributed by atoms with Crippen LogP contribution >= 0.6 is 0 Å². The molecule has 0 saturated heterocycles. The van der Waals surface area contributed by atoms with Crippen LogP contribution in [0.5, 0.6) is 0 Å². The zero-order valence-electron chi connectivity index (χ0n) is 15.7. The van der Waals surface area contributed by atoms with Crippen molar-refractivity contribution in [2.75, 3.05) is 33.7 Å². The molecule has 0 aromatic heterocycles. The Bertz CT molecular complexity index is 651. The molecule has 0 unspecified atom stereocenters. The Morgan fingerprint density at radius 3 is 2.40 bits per heavy atom. The van der Waals surface area contributed by atoms with Crippen LogP contribution in [0.25, 0.3) is 5.70 Å². The second-order valence-corrected chi connectivity index (χ2v) is 7.16. The Morgan fingerprint density at radius 2 is 1.88 bits per heavy atom. The van der Waals surface area contributed by atoms with Gasteiger partial charge in [-0.3, -0.25) is 15.2 Å². The van der Waals surface area contributed by atoms with Crippen molar-refractivity contribution < 1.29 is 9.18 Å². The van der Waals surface area contributed by atoms with Crippen LogP contribution in [-0.4, -0.2) is 44.6 Å². The number of amides is 1. The van der Waals surface area contributed by atoms with E-state index in [1.165, 1.54) is 6.07 Å². The minimum absolute atomic E-state index is 0.0150. The molecule has 1 aliphatic heterocycles. The molecule has 0 aliphatic carbocycles. The molecule has 138 valence electrons. The monoisotopic (exact) mass is 348 g/mol. The molecule has 0 spiro atoms. The maximum atomic E-state index is 14.0. The number of halogens is 1. The van der Waals surface area contributed by atoms with Crippen LogP contribution in [0.4, 0.5) is 4.39 Å². The minimum Gasteiger partial charge on any atom is -0.318 e. The van der Waals surface area contributed by atoms with Gasteiger partial charge in [0, 0.05) is 25.2 Å². The summed E-state index contributed by atoms with van der Waals surface area (Å²) in [4.78, 5) is 13.1. The molecule has 0 fully saturated rings. The molecule has 0 atom stereocenters. The molecule has 1 aromatic rings. The van der Waals surface area contributed by atoms with Gasteiger partial charge in [-0.2, -0.15) is 0 Å². The lowest BCUT2D eigenvalue weighted by Gasteiger charge is -2.41. The number of hydrazine groups is 1. The molecule has 0 saturated carbocycles. The average Bonchev–Trinajstić information content (AvgIpc) is 2.54. The van der Waals surface area contributed by atoms with Gasteiger partial charge in [0.05, 0.1) is 11.1 Å². The maximum Gasteiger partial charge on any atom is 0.253 e. The first-order valence-electron chi connectivity index (χ1n) is 8.70. The van der Waals surface area contributed by atoms with Crippen LogP contribution in [0, 0.1) is 24.1 Å². The number of benzene rings is 1. The molecule has 0 radical (unpaired) electrons. The van der Waals surface area contributed by atoms with Crippen LogP contribution in [0.3, 0.4) is 0 Å². The third-order valence-corrected chi connectivity index (χ3v) is 4.36. The van der Waals surface area contributed by atoms with Gasteiger partial charge in [0.1, 0.15) is 5.82 Å². The lowest BCUT2D eigenvalue weighted by atomic mass is 9.82. The number of aryl methyl sites for hydroxylation is 1. The van der Waals surface area contributed by atoms with Gasteiger partial charge < -0.3 is 10.6 Å². The Balaban J connectivity index is 2.51. The van der Waals surface area contributed by atoms with E-state index in [1.807, 2.05) is 26.2 Å². The van der Waals surface area contributed by atoms with Crippen LogP contribution < -0.4 is 16.1 Å². The summed E-state index contributed by atoms with van der Waals surface area (Å²) >= 11 is 0. The van der Waals surface area contributed by atoms with E-state index in [0.29, 0.717) is 31.1 Å². The van der Waals surface area contributed by atoms with Crippen molar-refractivity contribution in [1.29, 1.82) is 0 Å². The second-order valence-electron chi connectivity index (χ2n) is 7.16. The predicted molar refractivity (Wildman–Crippen MR) is 99.1 cm³/mol. The number of nitrogens with one attached hydrogen (secondary N) is 3. The summed E-state index contributed by atoms with van der Waals surface area (Å²) in [5, 5.41) is 7.91. The maximum absolute atomic E-state index is 14.0. The molecule has 3 N–H and O–H groups in total. The number of carbonyl (C=O) groups excluding carboxylic acids is 1.